The Kier molecular flexibility index (Phi) is 3.89. The molecule has 2 heterocycles. The van der Waals surface area contributed by atoms with E-state index in [9.17, 15) is 9.90 Å². The van der Waals surface area contributed by atoms with Crippen molar-refractivity contribution in [2.75, 3.05) is 19.6 Å². The second-order valence-corrected chi connectivity index (χ2v) is 6.34. The predicted octanol–water partition coefficient (Wildman–Crippen LogP) is 0.270. The van der Waals surface area contributed by atoms with Gasteiger partial charge in [0.1, 0.15) is 0 Å². The van der Waals surface area contributed by atoms with Gasteiger partial charge >= 0.3 is 4.87 Å². The maximum atomic E-state index is 11.6. The third-order valence-corrected chi connectivity index (χ3v) is 4.89. The van der Waals surface area contributed by atoms with E-state index in [1.807, 2.05) is 12.1 Å². The van der Waals surface area contributed by atoms with Crippen LogP contribution in [0.15, 0.2) is 23.0 Å². The smallest absolute Gasteiger partial charge is 0.307 e. The molecule has 1 aliphatic heterocycles. The van der Waals surface area contributed by atoms with E-state index in [1.54, 1.807) is 11.6 Å². The van der Waals surface area contributed by atoms with Gasteiger partial charge in [-0.15, -0.1) is 0 Å². The van der Waals surface area contributed by atoms with Crippen LogP contribution in [0.5, 0.6) is 0 Å². The lowest BCUT2D eigenvalue weighted by Gasteiger charge is -2.14. The van der Waals surface area contributed by atoms with Crippen LogP contribution in [0, 0.1) is 5.92 Å². The number of aromatic nitrogens is 1. The topological polar surface area (TPSA) is 66.3 Å². The number of β-amino-alcohol motifs (C(OH)–C–C–N with tert-alkyl or cyclic N) is 1. The fraction of sp³-hybridized carbons (Fsp3) is 0.500. The quantitative estimate of drug-likeness (QED) is 0.757. The molecule has 5 nitrogen and oxygen atoms in total. The van der Waals surface area contributed by atoms with Crippen LogP contribution in [0.1, 0.15) is 5.56 Å². The van der Waals surface area contributed by atoms with Gasteiger partial charge in [0.05, 0.1) is 16.3 Å². The van der Waals surface area contributed by atoms with Gasteiger partial charge in [0.2, 0.25) is 0 Å². The summed E-state index contributed by atoms with van der Waals surface area (Å²) < 4.78 is 2.71. The predicted molar refractivity (Wildman–Crippen MR) is 81.1 cm³/mol. The molecule has 1 fully saturated rings. The van der Waals surface area contributed by atoms with Crippen molar-refractivity contribution in [2.24, 2.45) is 13.0 Å². The van der Waals surface area contributed by atoms with E-state index >= 15 is 0 Å². The van der Waals surface area contributed by atoms with Gasteiger partial charge in [-0.05, 0) is 17.7 Å². The molecule has 1 aromatic heterocycles. The molecule has 20 heavy (non-hydrogen) atoms. The monoisotopic (exact) mass is 293 g/mol. The third-order valence-electron chi connectivity index (χ3n) is 3.90. The van der Waals surface area contributed by atoms with Crippen molar-refractivity contribution in [1.29, 1.82) is 0 Å². The van der Waals surface area contributed by atoms with Crippen molar-refractivity contribution in [1.82, 2.24) is 15.2 Å². The Morgan fingerprint density at radius 1 is 1.50 bits per heavy atom. The van der Waals surface area contributed by atoms with Gasteiger partial charge in [-0.25, -0.2) is 0 Å². The molecule has 2 atom stereocenters. The molecule has 0 saturated carbocycles. The molecular weight excluding hydrogens is 274 g/mol. The first kappa shape index (κ1) is 13.8. The number of aliphatic hydroxyl groups is 1. The molecule has 0 aliphatic carbocycles. The molecule has 2 aromatic rings. The highest BCUT2D eigenvalue weighted by atomic mass is 32.1. The van der Waals surface area contributed by atoms with Crippen LogP contribution in [0.25, 0.3) is 10.2 Å². The largest absolute Gasteiger partial charge is 0.391 e. The number of fused-ring (bicyclic) bond motifs is 1. The number of benzene rings is 1. The Hall–Kier alpha value is -1.21. The minimum Gasteiger partial charge on any atom is -0.391 e. The van der Waals surface area contributed by atoms with Crippen LogP contribution in [0.2, 0.25) is 0 Å². The van der Waals surface area contributed by atoms with Crippen molar-refractivity contribution >= 4 is 21.6 Å². The van der Waals surface area contributed by atoms with E-state index in [-0.39, 0.29) is 16.9 Å². The summed E-state index contributed by atoms with van der Waals surface area (Å²) in [5.74, 6) is 0.284. The molecule has 1 aromatic carbocycles. The summed E-state index contributed by atoms with van der Waals surface area (Å²) in [6.07, 6.45) is -0.246. The molecule has 0 bridgehead atoms. The van der Waals surface area contributed by atoms with Crippen LogP contribution >= 0.6 is 11.3 Å². The number of aryl methyl sites for hydroxylation is 1. The van der Waals surface area contributed by atoms with Crippen LogP contribution in [0.4, 0.5) is 0 Å². The molecule has 2 unspecified atom stereocenters. The van der Waals surface area contributed by atoms with Crippen molar-refractivity contribution in [2.45, 2.75) is 12.6 Å². The average molecular weight is 293 g/mol. The van der Waals surface area contributed by atoms with Crippen LogP contribution < -0.4 is 15.5 Å². The summed E-state index contributed by atoms with van der Waals surface area (Å²) in [6, 6.07) is 6.11. The number of nitrogens with one attached hydrogen (secondary N) is 2. The molecule has 3 N–H and O–H groups in total. The van der Waals surface area contributed by atoms with Crippen LogP contribution in [0.3, 0.4) is 0 Å². The highest BCUT2D eigenvalue weighted by Gasteiger charge is 2.23. The Morgan fingerprint density at radius 3 is 3.10 bits per heavy atom. The Morgan fingerprint density at radius 2 is 2.35 bits per heavy atom. The molecule has 1 saturated heterocycles. The summed E-state index contributed by atoms with van der Waals surface area (Å²) in [4.78, 5) is 11.7. The lowest BCUT2D eigenvalue weighted by Crippen LogP contribution is -2.30. The van der Waals surface area contributed by atoms with E-state index in [4.69, 9.17) is 0 Å². The molecule has 108 valence electrons. The lowest BCUT2D eigenvalue weighted by atomic mass is 10.1. The third kappa shape index (κ3) is 2.64. The van der Waals surface area contributed by atoms with E-state index < -0.39 is 0 Å². The fourth-order valence-electron chi connectivity index (χ4n) is 2.62. The van der Waals surface area contributed by atoms with E-state index in [0.29, 0.717) is 6.54 Å². The van der Waals surface area contributed by atoms with Crippen LogP contribution in [-0.4, -0.2) is 35.4 Å². The van der Waals surface area contributed by atoms with E-state index in [0.717, 1.165) is 29.9 Å². The Balaban J connectivity index is 1.64. The zero-order valence-electron chi connectivity index (χ0n) is 11.4. The second kappa shape index (κ2) is 5.65. The van der Waals surface area contributed by atoms with Gasteiger partial charge in [-0.1, -0.05) is 17.4 Å². The van der Waals surface area contributed by atoms with E-state index in [1.165, 1.54) is 16.9 Å². The zero-order chi connectivity index (χ0) is 14.1. The van der Waals surface area contributed by atoms with Gasteiger partial charge < -0.3 is 20.3 Å². The standard InChI is InChI=1S/C14H19N3O2S/c1-17-11-3-2-9(4-13(11)20-14(17)19)5-15-6-10-7-16-8-12(10)18/h2-4,10,12,15-16,18H,5-8H2,1H3. The summed E-state index contributed by atoms with van der Waals surface area (Å²) in [5, 5.41) is 16.3. The number of thiazole rings is 1. The minimum atomic E-state index is -0.246. The molecule has 3 rings (SSSR count). The maximum absolute atomic E-state index is 11.6. The summed E-state index contributed by atoms with van der Waals surface area (Å²) in [7, 11) is 1.80. The van der Waals surface area contributed by atoms with Gasteiger partial charge in [-0.2, -0.15) is 0 Å². The first-order valence-electron chi connectivity index (χ1n) is 6.83. The highest BCUT2D eigenvalue weighted by molar-refractivity contribution is 7.16. The van der Waals surface area contributed by atoms with Gasteiger partial charge in [0.15, 0.2) is 0 Å². The SMILES string of the molecule is Cn1c(=O)sc2cc(CNCC3CNCC3O)ccc21. The van der Waals surface area contributed by atoms with E-state index in [2.05, 4.69) is 16.7 Å². The fourth-order valence-corrected chi connectivity index (χ4v) is 3.56. The summed E-state index contributed by atoms with van der Waals surface area (Å²) in [5.41, 5.74) is 2.15. The molecular formula is C14H19N3O2S. The second-order valence-electron chi connectivity index (χ2n) is 5.35. The van der Waals surface area contributed by atoms with Gasteiger partial charge in [0.25, 0.3) is 0 Å². The summed E-state index contributed by atoms with van der Waals surface area (Å²) >= 11 is 1.28. The van der Waals surface area contributed by atoms with Crippen molar-refractivity contribution in [3.8, 4) is 0 Å². The number of aliphatic hydroxyl groups excluding tert-OH is 1. The molecule has 0 amide bonds. The first-order valence-corrected chi connectivity index (χ1v) is 7.65. The van der Waals surface area contributed by atoms with Crippen molar-refractivity contribution in [3.63, 3.8) is 0 Å². The number of nitrogens with zero attached hydrogens (tertiary/aromatic N) is 1. The lowest BCUT2D eigenvalue weighted by molar-refractivity contribution is 0.146. The zero-order valence-corrected chi connectivity index (χ0v) is 12.2. The number of rotatable bonds is 4. The van der Waals surface area contributed by atoms with Gasteiger partial charge in [0, 0.05) is 39.1 Å². The molecule has 0 radical (unpaired) electrons. The maximum Gasteiger partial charge on any atom is 0.307 e. The average Bonchev–Trinajstić information content (AvgIpc) is 2.95. The van der Waals surface area contributed by atoms with Gasteiger partial charge in [-0.3, -0.25) is 4.79 Å². The van der Waals surface area contributed by atoms with Crippen molar-refractivity contribution in [3.05, 3.63) is 33.4 Å². The molecule has 0 spiro atoms. The normalized spacial score (nSPS) is 22.7. The molecule has 1 aliphatic rings. The Bertz CT molecular complexity index is 664. The minimum absolute atomic E-state index is 0.0743. The first-order chi connectivity index (χ1) is 9.65. The highest BCUT2D eigenvalue weighted by Crippen LogP contribution is 2.18. The number of hydrogen-bond donors (Lipinski definition) is 3. The van der Waals surface area contributed by atoms with Crippen LogP contribution in [-0.2, 0) is 13.6 Å². The van der Waals surface area contributed by atoms with Crippen molar-refractivity contribution < 1.29 is 5.11 Å². The summed E-state index contributed by atoms with van der Waals surface area (Å²) in [6.45, 7) is 3.12. The molecule has 6 heteroatoms. The Labute approximate surface area is 121 Å². The number of hydrogen-bond acceptors (Lipinski definition) is 5.